The Morgan fingerprint density at radius 2 is 2.06 bits per heavy atom. The van der Waals surface area contributed by atoms with Crippen molar-refractivity contribution < 1.29 is 14.4 Å². The van der Waals surface area contributed by atoms with Crippen LogP contribution >= 0.6 is 11.6 Å². The Morgan fingerprint density at radius 1 is 1.39 bits per heavy atom. The van der Waals surface area contributed by atoms with Gasteiger partial charge in [0.2, 0.25) is 0 Å². The van der Waals surface area contributed by atoms with Gasteiger partial charge in [0.15, 0.2) is 5.76 Å². The molecule has 0 aliphatic rings. The second-order valence-electron chi connectivity index (χ2n) is 3.98. The lowest BCUT2D eigenvalue weighted by molar-refractivity contribution is 0.146. The molecule has 0 spiro atoms. The van der Waals surface area contributed by atoms with Crippen molar-refractivity contribution in [2.24, 2.45) is 0 Å². The van der Waals surface area contributed by atoms with Crippen LogP contribution in [0.2, 0.25) is 5.02 Å². The number of aliphatic hydroxyl groups excluding tert-OH is 1. The van der Waals surface area contributed by atoms with Crippen LogP contribution in [0.1, 0.15) is 24.4 Å². The van der Waals surface area contributed by atoms with E-state index in [1.807, 2.05) is 12.1 Å². The van der Waals surface area contributed by atoms with Crippen molar-refractivity contribution in [3.63, 3.8) is 0 Å². The Balaban J connectivity index is 2.47. The van der Waals surface area contributed by atoms with E-state index >= 15 is 0 Å². The third kappa shape index (κ3) is 2.56. The molecule has 0 saturated heterocycles. The molecule has 1 atom stereocenters. The van der Waals surface area contributed by atoms with Gasteiger partial charge in [-0.25, -0.2) is 0 Å². The first kappa shape index (κ1) is 13.1. The summed E-state index contributed by atoms with van der Waals surface area (Å²) in [6, 6.07) is 7.21. The van der Waals surface area contributed by atoms with Gasteiger partial charge in [0.1, 0.15) is 12.3 Å². The number of benzene rings is 1. The molecule has 5 heteroatoms. The lowest BCUT2D eigenvalue weighted by Gasteiger charge is -2.06. The lowest BCUT2D eigenvalue weighted by atomic mass is 10.0. The van der Waals surface area contributed by atoms with E-state index in [9.17, 15) is 5.11 Å². The molecule has 0 saturated carbocycles. The van der Waals surface area contributed by atoms with E-state index in [0.29, 0.717) is 22.0 Å². The molecule has 0 bridgehead atoms. The zero-order valence-corrected chi connectivity index (χ0v) is 10.9. The smallest absolute Gasteiger partial charge is 0.168 e. The number of rotatable bonds is 4. The summed E-state index contributed by atoms with van der Waals surface area (Å²) < 4.78 is 10.2. The highest BCUT2D eigenvalue weighted by molar-refractivity contribution is 6.30. The van der Waals surface area contributed by atoms with E-state index < -0.39 is 6.10 Å². The van der Waals surface area contributed by atoms with Crippen LogP contribution in [-0.4, -0.2) is 17.4 Å². The molecule has 1 aromatic carbocycles. The summed E-state index contributed by atoms with van der Waals surface area (Å²) in [5.74, 6) is 0.539. The van der Waals surface area contributed by atoms with E-state index in [1.54, 1.807) is 26.2 Å². The second-order valence-corrected chi connectivity index (χ2v) is 4.42. The van der Waals surface area contributed by atoms with Gasteiger partial charge >= 0.3 is 0 Å². The molecule has 18 heavy (non-hydrogen) atoms. The third-order valence-corrected chi connectivity index (χ3v) is 2.87. The van der Waals surface area contributed by atoms with Gasteiger partial charge < -0.3 is 14.4 Å². The first-order valence-corrected chi connectivity index (χ1v) is 5.92. The fourth-order valence-electron chi connectivity index (χ4n) is 1.81. The van der Waals surface area contributed by atoms with Crippen molar-refractivity contribution in [2.45, 2.75) is 19.6 Å². The summed E-state index contributed by atoms with van der Waals surface area (Å²) in [6.07, 6.45) is -0.674. The average molecular weight is 268 g/mol. The van der Waals surface area contributed by atoms with Crippen LogP contribution in [-0.2, 0) is 11.3 Å². The fraction of sp³-hybridized carbons (Fsp3) is 0.308. The van der Waals surface area contributed by atoms with Gasteiger partial charge in [-0.15, -0.1) is 0 Å². The topological polar surface area (TPSA) is 55.5 Å². The van der Waals surface area contributed by atoms with Gasteiger partial charge in [0, 0.05) is 17.7 Å². The quantitative estimate of drug-likeness (QED) is 0.924. The number of aromatic nitrogens is 1. The standard InChI is InChI=1S/C13H14ClNO3/c1-8(16)12-11(7-17-2)18-15-13(12)9-3-5-10(14)6-4-9/h3-6,8,16H,7H2,1-2H3. The molecule has 2 rings (SSSR count). The molecule has 1 unspecified atom stereocenters. The number of aliphatic hydroxyl groups is 1. The van der Waals surface area contributed by atoms with Crippen molar-refractivity contribution >= 4 is 11.6 Å². The first-order valence-electron chi connectivity index (χ1n) is 5.55. The summed E-state index contributed by atoms with van der Waals surface area (Å²) in [5.41, 5.74) is 2.12. The van der Waals surface area contributed by atoms with Gasteiger partial charge in [-0.3, -0.25) is 0 Å². The molecular formula is C13H14ClNO3. The van der Waals surface area contributed by atoms with Gasteiger partial charge in [-0.2, -0.15) is 0 Å². The number of nitrogens with zero attached hydrogens (tertiary/aromatic N) is 1. The lowest BCUT2D eigenvalue weighted by Crippen LogP contribution is -1.98. The zero-order chi connectivity index (χ0) is 13.1. The predicted molar refractivity (Wildman–Crippen MR) is 68.3 cm³/mol. The minimum absolute atomic E-state index is 0.279. The molecule has 1 heterocycles. The van der Waals surface area contributed by atoms with Gasteiger partial charge in [-0.05, 0) is 19.1 Å². The minimum atomic E-state index is -0.674. The predicted octanol–water partition coefficient (Wildman–Crippen LogP) is 3.19. The van der Waals surface area contributed by atoms with Gasteiger partial charge in [0.05, 0.1) is 11.7 Å². The summed E-state index contributed by atoms with van der Waals surface area (Å²) in [5, 5.41) is 14.5. The number of hydrogen-bond donors (Lipinski definition) is 1. The fourth-order valence-corrected chi connectivity index (χ4v) is 1.94. The van der Waals surface area contributed by atoms with Crippen LogP contribution in [0.15, 0.2) is 28.8 Å². The van der Waals surface area contributed by atoms with E-state index in [2.05, 4.69) is 5.16 Å². The number of hydrogen-bond acceptors (Lipinski definition) is 4. The maximum atomic E-state index is 9.84. The molecule has 4 nitrogen and oxygen atoms in total. The summed E-state index contributed by atoms with van der Waals surface area (Å²) >= 11 is 5.84. The monoisotopic (exact) mass is 267 g/mol. The SMILES string of the molecule is COCc1onc(-c2ccc(Cl)cc2)c1C(C)O. The molecule has 0 radical (unpaired) electrons. The zero-order valence-electron chi connectivity index (χ0n) is 10.2. The Labute approximate surface area is 110 Å². The van der Waals surface area contributed by atoms with Crippen molar-refractivity contribution in [3.05, 3.63) is 40.6 Å². The highest BCUT2D eigenvalue weighted by atomic mass is 35.5. The molecule has 1 aromatic heterocycles. The Hall–Kier alpha value is -1.36. The van der Waals surface area contributed by atoms with Crippen LogP contribution in [0, 0.1) is 0 Å². The van der Waals surface area contributed by atoms with Crippen LogP contribution in [0.25, 0.3) is 11.3 Å². The van der Waals surface area contributed by atoms with Crippen LogP contribution in [0.5, 0.6) is 0 Å². The summed E-state index contributed by atoms with van der Waals surface area (Å²) in [6.45, 7) is 1.95. The average Bonchev–Trinajstić information content (AvgIpc) is 2.74. The molecule has 0 aliphatic carbocycles. The van der Waals surface area contributed by atoms with Crippen molar-refractivity contribution in [3.8, 4) is 11.3 Å². The minimum Gasteiger partial charge on any atom is -0.388 e. The Morgan fingerprint density at radius 3 is 2.61 bits per heavy atom. The number of halogens is 1. The summed E-state index contributed by atoms with van der Waals surface area (Å²) in [7, 11) is 1.57. The maximum Gasteiger partial charge on any atom is 0.168 e. The van der Waals surface area contributed by atoms with Crippen LogP contribution < -0.4 is 0 Å². The maximum absolute atomic E-state index is 9.84. The number of ether oxygens (including phenoxy) is 1. The Kier molecular flexibility index (Phi) is 4.01. The van der Waals surface area contributed by atoms with E-state index in [4.69, 9.17) is 20.9 Å². The highest BCUT2D eigenvalue weighted by Crippen LogP contribution is 2.31. The van der Waals surface area contributed by atoms with Crippen molar-refractivity contribution in [2.75, 3.05) is 7.11 Å². The molecule has 0 aliphatic heterocycles. The Bertz CT molecular complexity index is 520. The second kappa shape index (κ2) is 5.52. The highest BCUT2D eigenvalue weighted by Gasteiger charge is 2.21. The van der Waals surface area contributed by atoms with Crippen LogP contribution in [0.4, 0.5) is 0 Å². The van der Waals surface area contributed by atoms with Crippen LogP contribution in [0.3, 0.4) is 0 Å². The normalized spacial score (nSPS) is 12.7. The number of methoxy groups -OCH3 is 1. The van der Waals surface area contributed by atoms with E-state index in [0.717, 1.165) is 5.56 Å². The van der Waals surface area contributed by atoms with Crippen molar-refractivity contribution in [1.82, 2.24) is 5.16 Å². The van der Waals surface area contributed by atoms with E-state index in [1.165, 1.54) is 0 Å². The molecule has 96 valence electrons. The first-order chi connectivity index (χ1) is 8.63. The molecular weight excluding hydrogens is 254 g/mol. The van der Waals surface area contributed by atoms with E-state index in [-0.39, 0.29) is 6.61 Å². The largest absolute Gasteiger partial charge is 0.388 e. The van der Waals surface area contributed by atoms with Gasteiger partial charge in [-0.1, -0.05) is 28.9 Å². The molecule has 0 amide bonds. The third-order valence-electron chi connectivity index (χ3n) is 2.61. The van der Waals surface area contributed by atoms with Gasteiger partial charge in [0.25, 0.3) is 0 Å². The van der Waals surface area contributed by atoms with Crippen molar-refractivity contribution in [1.29, 1.82) is 0 Å². The molecule has 2 aromatic rings. The molecule has 0 fully saturated rings. The molecule has 1 N–H and O–H groups in total. The summed E-state index contributed by atoms with van der Waals surface area (Å²) in [4.78, 5) is 0.